The zero-order chi connectivity index (χ0) is 26.2. The predicted molar refractivity (Wildman–Crippen MR) is 124 cm³/mol. The molecule has 10 nitrogen and oxygen atoms in total. The molecule has 1 saturated heterocycles. The third kappa shape index (κ3) is 7.29. The van der Waals surface area contributed by atoms with Crippen LogP contribution in [0.25, 0.3) is 11.1 Å². The van der Waals surface area contributed by atoms with Gasteiger partial charge in [-0.15, -0.1) is 0 Å². The summed E-state index contributed by atoms with van der Waals surface area (Å²) in [6.45, 7) is 4.36. The average Bonchev–Trinajstić information content (AvgIpc) is 2.82. The van der Waals surface area contributed by atoms with Crippen molar-refractivity contribution in [3.63, 3.8) is 0 Å². The van der Waals surface area contributed by atoms with Gasteiger partial charge in [0.15, 0.2) is 12.2 Å². The summed E-state index contributed by atoms with van der Waals surface area (Å²) in [5.41, 5.74) is 1.96. The summed E-state index contributed by atoms with van der Waals surface area (Å²) in [4.78, 5) is 47.1. The SMILES string of the molecule is CC(=O)OC[C@H]1O[C@@H](Oc2ccc(-c3ccccc3)cc2)[C@@H](OC(C)=O)[C@@H](OC(C)=O)[C@@H]1OC(C)=O. The van der Waals surface area contributed by atoms with Crippen LogP contribution in [0.5, 0.6) is 5.75 Å². The Bertz CT molecular complexity index is 1070. The Morgan fingerprint density at radius 1 is 0.667 bits per heavy atom. The molecule has 1 aliphatic heterocycles. The van der Waals surface area contributed by atoms with Crippen molar-refractivity contribution in [2.45, 2.75) is 58.4 Å². The molecular weight excluding hydrogens is 472 g/mol. The Morgan fingerprint density at radius 2 is 1.19 bits per heavy atom. The van der Waals surface area contributed by atoms with E-state index in [0.717, 1.165) is 25.0 Å². The first-order valence-corrected chi connectivity index (χ1v) is 11.3. The van der Waals surface area contributed by atoms with Gasteiger partial charge in [0.25, 0.3) is 0 Å². The van der Waals surface area contributed by atoms with E-state index in [1.165, 1.54) is 13.8 Å². The molecule has 0 radical (unpaired) electrons. The quantitative estimate of drug-likeness (QED) is 0.395. The highest BCUT2D eigenvalue weighted by molar-refractivity contribution is 5.69. The molecule has 10 heteroatoms. The van der Waals surface area contributed by atoms with Crippen LogP contribution in [0, 0.1) is 0 Å². The fourth-order valence-electron chi connectivity index (χ4n) is 3.77. The van der Waals surface area contributed by atoms with Crippen LogP contribution < -0.4 is 4.74 Å². The van der Waals surface area contributed by atoms with Gasteiger partial charge in [-0.2, -0.15) is 0 Å². The number of carbonyl (C=O) groups excluding carboxylic acids is 4. The number of ether oxygens (including phenoxy) is 6. The summed E-state index contributed by atoms with van der Waals surface area (Å²) in [6.07, 6.45) is -6.19. The molecule has 36 heavy (non-hydrogen) atoms. The van der Waals surface area contributed by atoms with Crippen LogP contribution in [0.4, 0.5) is 0 Å². The highest BCUT2D eigenvalue weighted by Gasteiger charge is 2.53. The highest BCUT2D eigenvalue weighted by Crippen LogP contribution is 2.31. The zero-order valence-electron chi connectivity index (χ0n) is 20.4. The minimum atomic E-state index is -1.29. The fourth-order valence-corrected chi connectivity index (χ4v) is 3.77. The highest BCUT2D eigenvalue weighted by atomic mass is 16.7. The minimum absolute atomic E-state index is 0.329. The van der Waals surface area contributed by atoms with Crippen molar-refractivity contribution in [1.82, 2.24) is 0 Å². The summed E-state index contributed by atoms with van der Waals surface area (Å²) >= 11 is 0. The molecule has 3 rings (SSSR count). The molecule has 0 amide bonds. The van der Waals surface area contributed by atoms with Crippen LogP contribution in [-0.4, -0.2) is 61.2 Å². The van der Waals surface area contributed by atoms with E-state index in [-0.39, 0.29) is 6.61 Å². The summed E-state index contributed by atoms with van der Waals surface area (Å²) in [7, 11) is 0. The molecule has 5 atom stereocenters. The molecule has 1 fully saturated rings. The first kappa shape index (κ1) is 26.7. The van der Waals surface area contributed by atoms with Gasteiger partial charge in [-0.25, -0.2) is 0 Å². The van der Waals surface area contributed by atoms with Crippen LogP contribution >= 0.6 is 0 Å². The summed E-state index contributed by atoms with van der Waals surface area (Å²) in [5, 5.41) is 0. The molecule has 192 valence electrons. The van der Waals surface area contributed by atoms with Crippen molar-refractivity contribution in [3.8, 4) is 16.9 Å². The number of rotatable bonds is 8. The second kappa shape index (κ2) is 12.2. The lowest BCUT2D eigenvalue weighted by Gasteiger charge is -2.43. The number of hydrogen-bond donors (Lipinski definition) is 0. The predicted octanol–water partition coefficient (Wildman–Crippen LogP) is 2.82. The van der Waals surface area contributed by atoms with E-state index in [2.05, 4.69) is 0 Å². The second-order valence-corrected chi connectivity index (χ2v) is 8.08. The van der Waals surface area contributed by atoms with E-state index in [1.807, 2.05) is 42.5 Å². The van der Waals surface area contributed by atoms with Crippen LogP contribution in [0.3, 0.4) is 0 Å². The monoisotopic (exact) mass is 500 g/mol. The largest absolute Gasteiger partial charge is 0.463 e. The van der Waals surface area contributed by atoms with Gasteiger partial charge in [0.05, 0.1) is 0 Å². The van der Waals surface area contributed by atoms with Crippen molar-refractivity contribution in [2.24, 2.45) is 0 Å². The molecule has 0 N–H and O–H groups in total. The smallest absolute Gasteiger partial charge is 0.303 e. The molecule has 2 aromatic rings. The molecule has 2 aromatic carbocycles. The topological polar surface area (TPSA) is 124 Å². The molecule has 0 bridgehead atoms. The summed E-state index contributed by atoms with van der Waals surface area (Å²) in [5.74, 6) is -2.34. The van der Waals surface area contributed by atoms with Gasteiger partial charge < -0.3 is 28.4 Å². The minimum Gasteiger partial charge on any atom is -0.463 e. The van der Waals surface area contributed by atoms with Crippen LogP contribution in [0.15, 0.2) is 54.6 Å². The van der Waals surface area contributed by atoms with E-state index in [1.54, 1.807) is 12.1 Å². The maximum Gasteiger partial charge on any atom is 0.303 e. The van der Waals surface area contributed by atoms with E-state index in [4.69, 9.17) is 28.4 Å². The Kier molecular flexibility index (Phi) is 9.02. The van der Waals surface area contributed by atoms with Gasteiger partial charge in [-0.1, -0.05) is 42.5 Å². The van der Waals surface area contributed by atoms with E-state index in [0.29, 0.717) is 5.75 Å². The second-order valence-electron chi connectivity index (χ2n) is 8.08. The molecule has 0 aliphatic carbocycles. The molecule has 0 aromatic heterocycles. The van der Waals surface area contributed by atoms with Crippen molar-refractivity contribution < 1.29 is 47.6 Å². The van der Waals surface area contributed by atoms with Crippen LogP contribution in [0.2, 0.25) is 0 Å². The molecule has 0 unspecified atom stereocenters. The van der Waals surface area contributed by atoms with Gasteiger partial charge in [0.2, 0.25) is 12.4 Å². The number of hydrogen-bond acceptors (Lipinski definition) is 10. The third-order valence-corrected chi connectivity index (χ3v) is 5.16. The molecule has 1 heterocycles. The van der Waals surface area contributed by atoms with Gasteiger partial charge >= 0.3 is 23.9 Å². The molecule has 0 spiro atoms. The lowest BCUT2D eigenvalue weighted by Crippen LogP contribution is -2.63. The summed E-state index contributed by atoms with van der Waals surface area (Å²) < 4.78 is 33.2. The molecule has 0 saturated carbocycles. The van der Waals surface area contributed by atoms with Crippen molar-refractivity contribution in [1.29, 1.82) is 0 Å². The van der Waals surface area contributed by atoms with Crippen molar-refractivity contribution in [3.05, 3.63) is 54.6 Å². The van der Waals surface area contributed by atoms with Gasteiger partial charge in [-0.05, 0) is 23.3 Å². The Morgan fingerprint density at radius 3 is 1.75 bits per heavy atom. The average molecular weight is 501 g/mol. The zero-order valence-corrected chi connectivity index (χ0v) is 20.4. The van der Waals surface area contributed by atoms with E-state index in [9.17, 15) is 19.2 Å². The normalized spacial score (nSPS) is 23.2. The molecule has 1 aliphatic rings. The third-order valence-electron chi connectivity index (χ3n) is 5.16. The number of carbonyl (C=O) groups is 4. The van der Waals surface area contributed by atoms with E-state index < -0.39 is 54.6 Å². The number of benzene rings is 2. The lowest BCUT2D eigenvalue weighted by atomic mass is 9.98. The maximum absolute atomic E-state index is 11.9. The van der Waals surface area contributed by atoms with E-state index >= 15 is 0 Å². The number of esters is 4. The Hall–Kier alpha value is -3.92. The van der Waals surface area contributed by atoms with Gasteiger partial charge in [0.1, 0.15) is 18.5 Å². The summed E-state index contributed by atoms with van der Waals surface area (Å²) in [6, 6.07) is 16.8. The standard InChI is InChI=1S/C26H28O10/c1-15(27)31-14-22-23(32-16(2)28)24(33-17(3)29)25(34-18(4)30)26(36-22)35-21-12-10-20(11-13-21)19-8-6-5-7-9-19/h5-13,22-26H,14H2,1-4H3/t22-,23-,24+,25+,26-/m1/s1. The Labute approximate surface area is 208 Å². The van der Waals surface area contributed by atoms with Gasteiger partial charge in [0, 0.05) is 27.7 Å². The van der Waals surface area contributed by atoms with Crippen LogP contribution in [-0.2, 0) is 42.9 Å². The Balaban J connectivity index is 1.92. The first-order valence-electron chi connectivity index (χ1n) is 11.3. The van der Waals surface area contributed by atoms with Crippen molar-refractivity contribution >= 4 is 23.9 Å². The lowest BCUT2D eigenvalue weighted by molar-refractivity contribution is -0.288. The van der Waals surface area contributed by atoms with Crippen LogP contribution in [0.1, 0.15) is 27.7 Å². The van der Waals surface area contributed by atoms with Gasteiger partial charge in [-0.3, -0.25) is 19.2 Å². The van der Waals surface area contributed by atoms with Crippen molar-refractivity contribution in [2.75, 3.05) is 6.61 Å². The molecular formula is C26H28O10. The fraction of sp³-hybridized carbons (Fsp3) is 0.385. The first-order chi connectivity index (χ1) is 17.1. The maximum atomic E-state index is 11.9.